The molecule has 0 saturated carbocycles. The van der Waals surface area contributed by atoms with Gasteiger partial charge in [-0.2, -0.15) is 0 Å². The predicted molar refractivity (Wildman–Crippen MR) is 103 cm³/mol. The lowest BCUT2D eigenvalue weighted by Gasteiger charge is -2.27. The molecular formula is C17H18Cl2N2O2S. The Hall–Kier alpha value is -1.53. The molecule has 3 N–H and O–H groups in total. The predicted octanol–water partition coefficient (Wildman–Crippen LogP) is 4.45. The number of anilines is 1. The smallest absolute Gasteiger partial charge is 0.173 e. The molecule has 2 rings (SSSR count). The Kier molecular flexibility index (Phi) is 6.69. The highest BCUT2D eigenvalue weighted by Gasteiger charge is 2.16. The van der Waals surface area contributed by atoms with Gasteiger partial charge in [-0.05, 0) is 55.0 Å². The monoisotopic (exact) mass is 384 g/mol. The van der Waals surface area contributed by atoms with Crippen LogP contribution in [0.4, 0.5) is 5.69 Å². The number of rotatable bonds is 5. The van der Waals surface area contributed by atoms with Crippen molar-refractivity contribution in [2.75, 3.05) is 18.4 Å². The SMILES string of the molecule is CCN(CC(O)c1cccc(O)c1)C(=S)Nc1ccc(Cl)cc1Cl. The second-order valence-corrected chi connectivity index (χ2v) is 6.43. The lowest BCUT2D eigenvalue weighted by Crippen LogP contribution is -2.37. The van der Waals surface area contributed by atoms with Crippen LogP contribution in [0, 0.1) is 0 Å². The molecule has 0 fully saturated rings. The largest absolute Gasteiger partial charge is 0.508 e. The first-order chi connectivity index (χ1) is 11.4. The van der Waals surface area contributed by atoms with Crippen LogP contribution in [0.1, 0.15) is 18.6 Å². The number of aliphatic hydroxyl groups excluding tert-OH is 1. The van der Waals surface area contributed by atoms with Gasteiger partial charge in [0.25, 0.3) is 0 Å². The number of halogens is 2. The third-order valence-corrected chi connectivity index (χ3v) is 4.40. The van der Waals surface area contributed by atoms with Crippen molar-refractivity contribution in [3.63, 3.8) is 0 Å². The maximum Gasteiger partial charge on any atom is 0.173 e. The van der Waals surface area contributed by atoms with Crippen molar-refractivity contribution < 1.29 is 10.2 Å². The fourth-order valence-corrected chi connectivity index (χ4v) is 2.96. The van der Waals surface area contributed by atoms with Crippen molar-refractivity contribution >= 4 is 46.2 Å². The van der Waals surface area contributed by atoms with E-state index in [0.29, 0.717) is 33.0 Å². The van der Waals surface area contributed by atoms with Crippen molar-refractivity contribution in [2.45, 2.75) is 13.0 Å². The standard InChI is InChI=1S/C17H18Cl2N2O2S/c1-2-21(10-16(23)11-4-3-5-13(22)8-11)17(24)20-15-7-6-12(18)9-14(15)19/h3-9,16,22-23H,2,10H2,1H3,(H,20,24). The lowest BCUT2D eigenvalue weighted by molar-refractivity contribution is 0.146. The summed E-state index contributed by atoms with van der Waals surface area (Å²) in [6, 6.07) is 11.6. The molecule has 0 heterocycles. The number of thiocarbonyl (C=S) groups is 1. The van der Waals surface area contributed by atoms with Crippen LogP contribution in [-0.2, 0) is 0 Å². The summed E-state index contributed by atoms with van der Waals surface area (Å²) < 4.78 is 0. The number of hydrogen-bond acceptors (Lipinski definition) is 3. The molecule has 0 aromatic heterocycles. The molecule has 7 heteroatoms. The Balaban J connectivity index is 2.05. The summed E-state index contributed by atoms with van der Waals surface area (Å²) in [5, 5.41) is 24.4. The van der Waals surface area contributed by atoms with E-state index in [1.165, 1.54) is 6.07 Å². The van der Waals surface area contributed by atoms with E-state index in [-0.39, 0.29) is 12.3 Å². The van der Waals surface area contributed by atoms with Crippen molar-refractivity contribution in [1.82, 2.24) is 4.90 Å². The number of hydrogen-bond donors (Lipinski definition) is 3. The van der Waals surface area contributed by atoms with Crippen LogP contribution < -0.4 is 5.32 Å². The van der Waals surface area contributed by atoms with Crippen molar-refractivity contribution in [3.8, 4) is 5.75 Å². The van der Waals surface area contributed by atoms with Gasteiger partial charge in [-0.1, -0.05) is 35.3 Å². The zero-order valence-electron chi connectivity index (χ0n) is 13.0. The minimum Gasteiger partial charge on any atom is -0.508 e. The molecule has 1 atom stereocenters. The van der Waals surface area contributed by atoms with Gasteiger partial charge in [-0.3, -0.25) is 0 Å². The third kappa shape index (κ3) is 4.98. The Bertz CT molecular complexity index is 727. The molecule has 24 heavy (non-hydrogen) atoms. The molecule has 0 bridgehead atoms. The summed E-state index contributed by atoms with van der Waals surface area (Å²) >= 11 is 17.4. The van der Waals surface area contributed by atoms with Gasteiger partial charge < -0.3 is 20.4 Å². The van der Waals surface area contributed by atoms with Gasteiger partial charge in [-0.15, -0.1) is 0 Å². The highest BCUT2D eigenvalue weighted by molar-refractivity contribution is 7.80. The molecule has 0 saturated heterocycles. The zero-order valence-corrected chi connectivity index (χ0v) is 15.4. The molecule has 4 nitrogen and oxygen atoms in total. The average Bonchev–Trinajstić information content (AvgIpc) is 2.54. The summed E-state index contributed by atoms with van der Waals surface area (Å²) in [5.41, 5.74) is 1.28. The van der Waals surface area contributed by atoms with E-state index < -0.39 is 6.10 Å². The Morgan fingerprint density at radius 1 is 1.25 bits per heavy atom. The van der Waals surface area contributed by atoms with Crippen molar-refractivity contribution in [2.24, 2.45) is 0 Å². The number of phenolic OH excluding ortho intramolecular Hbond substituents is 1. The van der Waals surface area contributed by atoms with E-state index in [1.807, 2.05) is 11.8 Å². The first kappa shape index (κ1) is 18.8. The van der Waals surface area contributed by atoms with Gasteiger partial charge in [0, 0.05) is 11.6 Å². The number of likely N-dealkylation sites (N-methyl/N-ethyl adjacent to an activating group) is 1. The summed E-state index contributed by atoms with van der Waals surface area (Å²) in [5.74, 6) is 0.114. The number of nitrogens with zero attached hydrogens (tertiary/aromatic N) is 1. The Morgan fingerprint density at radius 3 is 2.62 bits per heavy atom. The molecule has 0 aliphatic carbocycles. The number of aliphatic hydroxyl groups is 1. The van der Waals surface area contributed by atoms with E-state index in [2.05, 4.69) is 5.32 Å². The maximum absolute atomic E-state index is 10.4. The fraction of sp³-hybridized carbons (Fsp3) is 0.235. The zero-order chi connectivity index (χ0) is 17.7. The number of aromatic hydroxyl groups is 1. The van der Waals surface area contributed by atoms with Crippen LogP contribution in [-0.4, -0.2) is 33.3 Å². The van der Waals surface area contributed by atoms with Crippen molar-refractivity contribution in [1.29, 1.82) is 0 Å². The average molecular weight is 385 g/mol. The van der Waals surface area contributed by atoms with Crippen LogP contribution in [0.5, 0.6) is 5.75 Å². The summed E-state index contributed by atoms with van der Waals surface area (Å²) in [6.45, 7) is 2.83. The first-order valence-corrected chi connectivity index (χ1v) is 8.55. The number of benzene rings is 2. The van der Waals surface area contributed by atoms with Crippen LogP contribution in [0.25, 0.3) is 0 Å². The fourth-order valence-electron chi connectivity index (χ4n) is 2.19. The molecule has 0 radical (unpaired) electrons. The van der Waals surface area contributed by atoms with Gasteiger partial charge in [0.05, 0.1) is 23.4 Å². The molecule has 128 valence electrons. The van der Waals surface area contributed by atoms with Gasteiger partial charge in [-0.25, -0.2) is 0 Å². The van der Waals surface area contributed by atoms with Crippen LogP contribution >= 0.6 is 35.4 Å². The van der Waals surface area contributed by atoms with Crippen molar-refractivity contribution in [3.05, 3.63) is 58.1 Å². The molecule has 0 aliphatic heterocycles. The van der Waals surface area contributed by atoms with Crippen LogP contribution in [0.2, 0.25) is 10.0 Å². The minimum absolute atomic E-state index is 0.114. The quantitative estimate of drug-likeness (QED) is 0.664. The molecule has 0 spiro atoms. The Labute approximate surface area is 156 Å². The van der Waals surface area contributed by atoms with Crippen LogP contribution in [0.3, 0.4) is 0 Å². The van der Waals surface area contributed by atoms with Gasteiger partial charge >= 0.3 is 0 Å². The Morgan fingerprint density at radius 2 is 2.00 bits per heavy atom. The van der Waals surface area contributed by atoms with Gasteiger partial charge in [0.15, 0.2) is 5.11 Å². The van der Waals surface area contributed by atoms with E-state index in [1.54, 1.807) is 36.4 Å². The lowest BCUT2D eigenvalue weighted by atomic mass is 10.1. The van der Waals surface area contributed by atoms with E-state index in [9.17, 15) is 10.2 Å². The second-order valence-electron chi connectivity index (χ2n) is 5.20. The van der Waals surface area contributed by atoms with Gasteiger partial charge in [0.2, 0.25) is 0 Å². The molecule has 0 aliphatic rings. The second kappa shape index (κ2) is 8.53. The highest BCUT2D eigenvalue weighted by atomic mass is 35.5. The highest BCUT2D eigenvalue weighted by Crippen LogP contribution is 2.26. The van der Waals surface area contributed by atoms with E-state index >= 15 is 0 Å². The van der Waals surface area contributed by atoms with E-state index in [0.717, 1.165) is 0 Å². The van der Waals surface area contributed by atoms with E-state index in [4.69, 9.17) is 35.4 Å². The summed E-state index contributed by atoms with van der Waals surface area (Å²) in [6.07, 6.45) is -0.780. The maximum atomic E-state index is 10.4. The molecule has 1 unspecified atom stereocenters. The minimum atomic E-state index is -0.780. The van der Waals surface area contributed by atoms with Crippen LogP contribution in [0.15, 0.2) is 42.5 Å². The molecule has 2 aromatic carbocycles. The molecular weight excluding hydrogens is 367 g/mol. The summed E-state index contributed by atoms with van der Waals surface area (Å²) in [7, 11) is 0. The summed E-state index contributed by atoms with van der Waals surface area (Å²) in [4.78, 5) is 1.81. The molecule has 2 aromatic rings. The number of phenols is 1. The van der Waals surface area contributed by atoms with Gasteiger partial charge in [0.1, 0.15) is 5.75 Å². The normalized spacial score (nSPS) is 11.8. The third-order valence-electron chi connectivity index (χ3n) is 3.49. The number of nitrogens with one attached hydrogen (secondary N) is 1. The topological polar surface area (TPSA) is 55.7 Å². The molecule has 0 amide bonds. The first-order valence-electron chi connectivity index (χ1n) is 7.38.